The second-order valence-electron chi connectivity index (χ2n) is 4.92. The molecule has 0 aromatic carbocycles. The molecule has 4 nitrogen and oxygen atoms in total. The third-order valence-corrected chi connectivity index (χ3v) is 2.95. The quantitative estimate of drug-likeness (QED) is 0.402. The van der Waals surface area contributed by atoms with Crippen LogP contribution in [0.1, 0.15) is 52.4 Å². The molecular formula is C15H30N4. The van der Waals surface area contributed by atoms with Gasteiger partial charge in [-0.25, -0.2) is 5.84 Å². The van der Waals surface area contributed by atoms with Gasteiger partial charge in [0.25, 0.3) is 0 Å². The van der Waals surface area contributed by atoms with Crippen molar-refractivity contribution in [3.63, 3.8) is 0 Å². The zero-order valence-corrected chi connectivity index (χ0v) is 12.5. The highest BCUT2D eigenvalue weighted by atomic mass is 15.4. The Morgan fingerprint density at radius 3 is 2.42 bits per heavy atom. The molecule has 0 aromatic rings. The normalized spacial score (nSPS) is 16.2. The first kappa shape index (κ1) is 18.0. The van der Waals surface area contributed by atoms with Crippen molar-refractivity contribution in [3.05, 3.63) is 11.3 Å². The minimum atomic E-state index is -0.200. The fourth-order valence-electron chi connectivity index (χ4n) is 2.12. The lowest BCUT2D eigenvalue weighted by Gasteiger charge is -2.29. The number of hydrazine groups is 1. The smallest absolute Gasteiger partial charge is 0.0700 e. The highest BCUT2D eigenvalue weighted by Crippen LogP contribution is 2.28. The van der Waals surface area contributed by atoms with Crippen molar-refractivity contribution < 1.29 is 0 Å². The van der Waals surface area contributed by atoms with Crippen LogP contribution < -0.4 is 17.3 Å². The lowest BCUT2D eigenvalue weighted by atomic mass is 9.91. The Balaban J connectivity index is 0.000000982. The molecule has 1 aliphatic carbocycles. The monoisotopic (exact) mass is 266 g/mol. The minimum absolute atomic E-state index is 0.200. The van der Waals surface area contributed by atoms with Gasteiger partial charge in [-0.05, 0) is 37.7 Å². The van der Waals surface area contributed by atoms with E-state index in [9.17, 15) is 0 Å². The van der Waals surface area contributed by atoms with Gasteiger partial charge in [-0.15, -0.1) is 6.42 Å². The van der Waals surface area contributed by atoms with Gasteiger partial charge in [-0.2, -0.15) is 0 Å². The van der Waals surface area contributed by atoms with Crippen molar-refractivity contribution in [1.29, 1.82) is 0 Å². The maximum absolute atomic E-state index is 5.97. The van der Waals surface area contributed by atoms with E-state index in [1.54, 1.807) is 5.01 Å². The SMILES string of the molecule is C#CC(N)CC1=C(N(N)CCN)CCCC1.CCC. The Bertz CT molecular complexity index is 304. The summed E-state index contributed by atoms with van der Waals surface area (Å²) >= 11 is 0. The summed E-state index contributed by atoms with van der Waals surface area (Å²) in [5.41, 5.74) is 13.8. The summed E-state index contributed by atoms with van der Waals surface area (Å²) in [7, 11) is 0. The summed E-state index contributed by atoms with van der Waals surface area (Å²) in [6, 6.07) is -0.200. The van der Waals surface area contributed by atoms with Crippen molar-refractivity contribution in [2.24, 2.45) is 17.3 Å². The molecule has 1 rings (SSSR count). The second-order valence-corrected chi connectivity index (χ2v) is 4.92. The third kappa shape index (κ3) is 7.22. The molecule has 19 heavy (non-hydrogen) atoms. The van der Waals surface area contributed by atoms with Crippen molar-refractivity contribution in [2.75, 3.05) is 13.1 Å². The first-order valence-corrected chi connectivity index (χ1v) is 7.25. The summed E-state index contributed by atoms with van der Waals surface area (Å²) < 4.78 is 0. The number of nitrogens with two attached hydrogens (primary N) is 3. The number of hydrogen-bond acceptors (Lipinski definition) is 4. The molecular weight excluding hydrogens is 236 g/mol. The van der Waals surface area contributed by atoms with Gasteiger partial charge in [0.2, 0.25) is 0 Å². The van der Waals surface area contributed by atoms with E-state index < -0.39 is 0 Å². The Hall–Kier alpha value is -1.02. The Labute approximate surface area is 118 Å². The standard InChI is InChI=1S/C12H22N4.C3H8/c1-2-11(14)9-10-5-3-4-6-12(10)16(15)8-7-13;1-3-2/h1,11H,3-9,13-15H2;3H2,1-2H3. The van der Waals surface area contributed by atoms with Gasteiger partial charge in [-0.1, -0.05) is 26.2 Å². The van der Waals surface area contributed by atoms with Crippen LogP contribution >= 0.6 is 0 Å². The Kier molecular flexibility index (Phi) is 10.3. The van der Waals surface area contributed by atoms with Crippen LogP contribution in [0, 0.1) is 12.3 Å². The van der Waals surface area contributed by atoms with E-state index >= 15 is 0 Å². The Morgan fingerprint density at radius 2 is 1.89 bits per heavy atom. The minimum Gasteiger partial charge on any atom is -0.329 e. The third-order valence-electron chi connectivity index (χ3n) is 2.95. The molecule has 0 radical (unpaired) electrons. The van der Waals surface area contributed by atoms with Crippen LogP contribution in [0.5, 0.6) is 0 Å². The van der Waals surface area contributed by atoms with Crippen molar-refractivity contribution in [3.8, 4) is 12.3 Å². The molecule has 0 aromatic heterocycles. The zero-order chi connectivity index (χ0) is 14.7. The van der Waals surface area contributed by atoms with Crippen LogP contribution in [0.15, 0.2) is 11.3 Å². The molecule has 0 saturated carbocycles. The maximum Gasteiger partial charge on any atom is 0.0700 e. The fraction of sp³-hybridized carbons (Fsp3) is 0.733. The summed E-state index contributed by atoms with van der Waals surface area (Å²) in [6.45, 7) is 5.50. The fourth-order valence-corrected chi connectivity index (χ4v) is 2.12. The summed E-state index contributed by atoms with van der Waals surface area (Å²) in [5, 5.41) is 1.76. The predicted molar refractivity (Wildman–Crippen MR) is 82.8 cm³/mol. The van der Waals surface area contributed by atoms with Gasteiger partial charge in [0, 0.05) is 18.8 Å². The average Bonchev–Trinajstić information content (AvgIpc) is 2.40. The maximum atomic E-state index is 5.97. The zero-order valence-electron chi connectivity index (χ0n) is 12.5. The highest BCUT2D eigenvalue weighted by Gasteiger charge is 2.17. The molecule has 0 saturated heterocycles. The van der Waals surface area contributed by atoms with Crippen LogP contribution in [0.25, 0.3) is 0 Å². The molecule has 0 fully saturated rings. The molecule has 110 valence electrons. The number of hydrogen-bond donors (Lipinski definition) is 3. The molecule has 0 spiro atoms. The number of nitrogens with zero attached hydrogens (tertiary/aromatic N) is 1. The number of terminal acetylenes is 1. The summed E-state index contributed by atoms with van der Waals surface area (Å²) in [4.78, 5) is 0. The second kappa shape index (κ2) is 10.9. The van der Waals surface area contributed by atoms with E-state index in [0.29, 0.717) is 13.1 Å². The predicted octanol–water partition coefficient (Wildman–Crippen LogP) is 1.72. The van der Waals surface area contributed by atoms with E-state index in [-0.39, 0.29) is 6.04 Å². The molecule has 6 N–H and O–H groups in total. The van der Waals surface area contributed by atoms with Gasteiger partial charge in [0.1, 0.15) is 0 Å². The molecule has 1 unspecified atom stereocenters. The van der Waals surface area contributed by atoms with Crippen LogP contribution in [0.3, 0.4) is 0 Å². The van der Waals surface area contributed by atoms with E-state index in [1.807, 2.05) is 0 Å². The number of allylic oxidation sites excluding steroid dienone is 1. The van der Waals surface area contributed by atoms with Gasteiger partial charge in [0.05, 0.1) is 6.04 Å². The first-order chi connectivity index (χ1) is 9.10. The van der Waals surface area contributed by atoms with Crippen LogP contribution in [-0.4, -0.2) is 24.1 Å². The van der Waals surface area contributed by atoms with Gasteiger partial charge in [-0.3, -0.25) is 0 Å². The molecule has 0 amide bonds. The lowest BCUT2D eigenvalue weighted by Crippen LogP contribution is -2.37. The topological polar surface area (TPSA) is 81.3 Å². The van der Waals surface area contributed by atoms with E-state index in [4.69, 9.17) is 23.7 Å². The van der Waals surface area contributed by atoms with Gasteiger partial charge in [0.15, 0.2) is 0 Å². The molecule has 1 aliphatic rings. The largest absolute Gasteiger partial charge is 0.329 e. The van der Waals surface area contributed by atoms with Gasteiger partial charge >= 0.3 is 0 Å². The molecule has 1 atom stereocenters. The van der Waals surface area contributed by atoms with E-state index in [2.05, 4.69) is 19.8 Å². The van der Waals surface area contributed by atoms with Crippen LogP contribution in [0.4, 0.5) is 0 Å². The van der Waals surface area contributed by atoms with Crippen LogP contribution in [0.2, 0.25) is 0 Å². The molecule has 0 bridgehead atoms. The lowest BCUT2D eigenvalue weighted by molar-refractivity contribution is 0.334. The van der Waals surface area contributed by atoms with Crippen molar-refractivity contribution in [1.82, 2.24) is 5.01 Å². The summed E-state index contributed by atoms with van der Waals surface area (Å²) in [5.74, 6) is 8.53. The molecule has 0 heterocycles. The van der Waals surface area contributed by atoms with E-state index in [0.717, 1.165) is 19.3 Å². The highest BCUT2D eigenvalue weighted by molar-refractivity contribution is 5.19. The van der Waals surface area contributed by atoms with E-state index in [1.165, 1.54) is 30.5 Å². The summed E-state index contributed by atoms with van der Waals surface area (Å²) in [6.07, 6.45) is 11.8. The first-order valence-electron chi connectivity index (χ1n) is 7.25. The molecule has 4 heteroatoms. The number of rotatable bonds is 5. The molecule has 0 aliphatic heterocycles. The Morgan fingerprint density at radius 1 is 1.32 bits per heavy atom. The van der Waals surface area contributed by atoms with Gasteiger partial charge < -0.3 is 16.5 Å². The van der Waals surface area contributed by atoms with Crippen LogP contribution in [-0.2, 0) is 0 Å². The van der Waals surface area contributed by atoms with Crippen molar-refractivity contribution in [2.45, 2.75) is 58.4 Å². The van der Waals surface area contributed by atoms with Crippen molar-refractivity contribution >= 4 is 0 Å². The average molecular weight is 266 g/mol.